The van der Waals surface area contributed by atoms with Crippen LogP contribution in [-0.2, 0) is 0 Å². The van der Waals surface area contributed by atoms with Gasteiger partial charge < -0.3 is 5.11 Å². The van der Waals surface area contributed by atoms with Gasteiger partial charge in [-0.2, -0.15) is 0 Å². The van der Waals surface area contributed by atoms with Crippen molar-refractivity contribution in [2.24, 2.45) is 0 Å². The molecule has 76 valence electrons. The van der Waals surface area contributed by atoms with E-state index < -0.39 is 0 Å². The molecule has 0 saturated carbocycles. The van der Waals surface area contributed by atoms with E-state index in [-0.39, 0.29) is 12.1 Å². The zero-order valence-electron chi connectivity index (χ0n) is 8.56. The van der Waals surface area contributed by atoms with Gasteiger partial charge >= 0.3 is 0 Å². The highest BCUT2D eigenvalue weighted by atomic mass is 16.3. The van der Waals surface area contributed by atoms with E-state index in [0.717, 1.165) is 19.5 Å². The maximum Gasteiger partial charge on any atom is 0.0749 e. The van der Waals surface area contributed by atoms with Crippen molar-refractivity contribution in [3.8, 4) is 0 Å². The number of nitrogens with zero attached hydrogens (tertiary/aromatic N) is 1. The standard InChI is InChI=1S/C12H17NO/c1-2-13-9-8-11(14)12(13)10-6-4-3-5-7-10/h3-7,11-12,14H,2,8-9H2,1H3. The third kappa shape index (κ3) is 1.68. The summed E-state index contributed by atoms with van der Waals surface area (Å²) in [6.07, 6.45) is 0.699. The monoisotopic (exact) mass is 191 g/mol. The highest BCUT2D eigenvalue weighted by Crippen LogP contribution is 2.31. The molecule has 2 heteroatoms. The average Bonchev–Trinajstić information content (AvgIpc) is 2.61. The van der Waals surface area contributed by atoms with E-state index in [1.54, 1.807) is 0 Å². The number of benzene rings is 1. The topological polar surface area (TPSA) is 23.5 Å². The summed E-state index contributed by atoms with van der Waals surface area (Å²) in [7, 11) is 0. The highest BCUT2D eigenvalue weighted by molar-refractivity contribution is 5.21. The lowest BCUT2D eigenvalue weighted by Gasteiger charge is -2.25. The summed E-state index contributed by atoms with van der Waals surface area (Å²) in [5.41, 5.74) is 1.24. The predicted molar refractivity (Wildman–Crippen MR) is 57.1 cm³/mol. The van der Waals surface area contributed by atoms with E-state index in [1.165, 1.54) is 5.56 Å². The minimum Gasteiger partial charge on any atom is -0.391 e. The molecule has 1 aromatic carbocycles. The first-order valence-corrected chi connectivity index (χ1v) is 5.30. The van der Waals surface area contributed by atoms with Gasteiger partial charge in [-0.25, -0.2) is 0 Å². The summed E-state index contributed by atoms with van der Waals surface area (Å²) in [5.74, 6) is 0. The van der Waals surface area contributed by atoms with Gasteiger partial charge in [-0.05, 0) is 18.5 Å². The lowest BCUT2D eigenvalue weighted by Crippen LogP contribution is -2.27. The molecule has 2 unspecified atom stereocenters. The van der Waals surface area contributed by atoms with Crippen molar-refractivity contribution < 1.29 is 5.11 Å². The number of hydrogen-bond donors (Lipinski definition) is 1. The van der Waals surface area contributed by atoms with Gasteiger partial charge in [0.1, 0.15) is 0 Å². The van der Waals surface area contributed by atoms with Crippen molar-refractivity contribution in [2.75, 3.05) is 13.1 Å². The first-order valence-electron chi connectivity index (χ1n) is 5.30. The van der Waals surface area contributed by atoms with Crippen molar-refractivity contribution in [3.63, 3.8) is 0 Å². The molecule has 0 bridgehead atoms. The fraction of sp³-hybridized carbons (Fsp3) is 0.500. The largest absolute Gasteiger partial charge is 0.391 e. The summed E-state index contributed by atoms with van der Waals surface area (Å²) in [4.78, 5) is 2.33. The first-order chi connectivity index (χ1) is 6.83. The van der Waals surface area contributed by atoms with Gasteiger partial charge in [0.25, 0.3) is 0 Å². The average molecular weight is 191 g/mol. The third-order valence-electron chi connectivity index (χ3n) is 3.02. The van der Waals surface area contributed by atoms with E-state index in [0.29, 0.717) is 0 Å². The minimum atomic E-state index is -0.197. The smallest absolute Gasteiger partial charge is 0.0749 e. The van der Waals surface area contributed by atoms with E-state index in [1.807, 2.05) is 18.2 Å². The van der Waals surface area contributed by atoms with E-state index in [9.17, 15) is 5.11 Å². The third-order valence-corrected chi connectivity index (χ3v) is 3.02. The van der Waals surface area contributed by atoms with Crippen LogP contribution in [0.1, 0.15) is 24.9 Å². The van der Waals surface area contributed by atoms with Crippen molar-refractivity contribution in [1.29, 1.82) is 0 Å². The molecular formula is C12H17NO. The Bertz CT molecular complexity index is 286. The maximum atomic E-state index is 9.90. The molecule has 0 radical (unpaired) electrons. The predicted octanol–water partition coefficient (Wildman–Crippen LogP) is 1.81. The molecule has 0 aliphatic carbocycles. The van der Waals surface area contributed by atoms with Gasteiger partial charge in [-0.3, -0.25) is 4.90 Å². The van der Waals surface area contributed by atoms with Crippen LogP contribution >= 0.6 is 0 Å². The number of likely N-dealkylation sites (N-methyl/N-ethyl adjacent to an activating group) is 1. The number of likely N-dealkylation sites (tertiary alicyclic amines) is 1. The number of rotatable bonds is 2. The Labute approximate surface area is 85.2 Å². The molecule has 0 amide bonds. The molecular weight excluding hydrogens is 174 g/mol. The molecule has 14 heavy (non-hydrogen) atoms. The van der Waals surface area contributed by atoms with E-state index in [4.69, 9.17) is 0 Å². The molecule has 2 atom stereocenters. The lowest BCUT2D eigenvalue weighted by atomic mass is 10.0. The second-order valence-electron chi connectivity index (χ2n) is 3.84. The SMILES string of the molecule is CCN1CCC(O)C1c1ccccc1. The van der Waals surface area contributed by atoms with Crippen molar-refractivity contribution in [3.05, 3.63) is 35.9 Å². The molecule has 1 N–H and O–H groups in total. The van der Waals surface area contributed by atoms with E-state index >= 15 is 0 Å². The zero-order valence-corrected chi connectivity index (χ0v) is 8.56. The molecule has 1 aromatic rings. The number of aliphatic hydroxyl groups excluding tert-OH is 1. The fourth-order valence-corrected chi connectivity index (χ4v) is 2.28. The molecule has 0 aromatic heterocycles. The van der Waals surface area contributed by atoms with Crippen LogP contribution < -0.4 is 0 Å². The Hall–Kier alpha value is -0.860. The molecule has 2 nitrogen and oxygen atoms in total. The molecule has 1 fully saturated rings. The molecule has 1 aliphatic heterocycles. The van der Waals surface area contributed by atoms with Crippen LogP contribution in [0.2, 0.25) is 0 Å². The van der Waals surface area contributed by atoms with Crippen LogP contribution in [0, 0.1) is 0 Å². The normalized spacial score (nSPS) is 28.1. The molecule has 2 rings (SSSR count). The highest BCUT2D eigenvalue weighted by Gasteiger charge is 2.32. The molecule has 1 saturated heterocycles. The summed E-state index contributed by atoms with van der Waals surface area (Å²) in [5, 5.41) is 9.90. The maximum absolute atomic E-state index is 9.90. The van der Waals surface area contributed by atoms with E-state index in [2.05, 4.69) is 24.0 Å². The lowest BCUT2D eigenvalue weighted by molar-refractivity contribution is 0.119. The van der Waals surface area contributed by atoms with Crippen LogP contribution in [0.3, 0.4) is 0 Å². The Morgan fingerprint density at radius 2 is 2.07 bits per heavy atom. The van der Waals surface area contributed by atoms with Crippen LogP contribution in [0.25, 0.3) is 0 Å². The quantitative estimate of drug-likeness (QED) is 0.770. The fourth-order valence-electron chi connectivity index (χ4n) is 2.28. The Morgan fingerprint density at radius 3 is 2.71 bits per heavy atom. The van der Waals surface area contributed by atoms with Gasteiger partial charge in [0, 0.05) is 6.54 Å². The Morgan fingerprint density at radius 1 is 1.36 bits per heavy atom. The zero-order chi connectivity index (χ0) is 9.97. The molecule has 1 aliphatic rings. The second-order valence-corrected chi connectivity index (χ2v) is 3.84. The first kappa shape index (κ1) is 9.69. The van der Waals surface area contributed by atoms with Gasteiger partial charge in [-0.15, -0.1) is 0 Å². The van der Waals surface area contributed by atoms with Crippen molar-refractivity contribution >= 4 is 0 Å². The van der Waals surface area contributed by atoms with Crippen LogP contribution in [0.15, 0.2) is 30.3 Å². The Kier molecular flexibility index (Phi) is 2.85. The number of hydrogen-bond acceptors (Lipinski definition) is 2. The van der Waals surface area contributed by atoms with Gasteiger partial charge in [0.2, 0.25) is 0 Å². The van der Waals surface area contributed by atoms with Crippen LogP contribution in [-0.4, -0.2) is 29.2 Å². The molecule has 1 heterocycles. The summed E-state index contributed by atoms with van der Waals surface area (Å²) >= 11 is 0. The summed E-state index contributed by atoms with van der Waals surface area (Å²) in [6, 6.07) is 10.5. The van der Waals surface area contributed by atoms with Crippen LogP contribution in [0.5, 0.6) is 0 Å². The minimum absolute atomic E-state index is 0.197. The number of aliphatic hydroxyl groups is 1. The second kappa shape index (κ2) is 4.11. The van der Waals surface area contributed by atoms with Crippen molar-refractivity contribution in [2.45, 2.75) is 25.5 Å². The van der Waals surface area contributed by atoms with Gasteiger partial charge in [-0.1, -0.05) is 37.3 Å². The van der Waals surface area contributed by atoms with Gasteiger partial charge in [0.05, 0.1) is 12.1 Å². The Balaban J connectivity index is 2.23. The summed E-state index contributed by atoms with van der Waals surface area (Å²) in [6.45, 7) is 4.17. The van der Waals surface area contributed by atoms with Crippen LogP contribution in [0.4, 0.5) is 0 Å². The van der Waals surface area contributed by atoms with Crippen molar-refractivity contribution in [1.82, 2.24) is 4.90 Å². The summed E-state index contributed by atoms with van der Waals surface area (Å²) < 4.78 is 0. The van der Waals surface area contributed by atoms with Gasteiger partial charge in [0.15, 0.2) is 0 Å². The molecule has 0 spiro atoms.